The minimum atomic E-state index is -0.661. The van der Waals surface area contributed by atoms with Crippen LogP contribution in [0.15, 0.2) is 0 Å². The first-order valence-corrected chi connectivity index (χ1v) is 5.00. The molecule has 0 aliphatic rings. The molecule has 0 saturated carbocycles. The zero-order chi connectivity index (χ0) is 9.61. The predicted octanol–water partition coefficient (Wildman–Crippen LogP) is 1.91. The van der Waals surface area contributed by atoms with Crippen LogP contribution >= 0.6 is 0 Å². The fourth-order valence-electron chi connectivity index (χ4n) is 1.63. The SMILES string of the molecule is CCCC(CCC)C(C)(O)CN. The van der Waals surface area contributed by atoms with Crippen LogP contribution in [0.5, 0.6) is 0 Å². The van der Waals surface area contributed by atoms with Gasteiger partial charge in [-0.05, 0) is 25.7 Å². The summed E-state index contributed by atoms with van der Waals surface area (Å²) in [5.41, 5.74) is 4.86. The van der Waals surface area contributed by atoms with Crippen LogP contribution in [0.4, 0.5) is 0 Å². The minimum Gasteiger partial charge on any atom is -0.389 e. The summed E-state index contributed by atoms with van der Waals surface area (Å²) in [6.45, 7) is 6.52. The molecule has 1 atom stereocenters. The Labute approximate surface area is 76.2 Å². The van der Waals surface area contributed by atoms with E-state index in [1.54, 1.807) is 0 Å². The summed E-state index contributed by atoms with van der Waals surface area (Å²) in [7, 11) is 0. The first-order valence-electron chi connectivity index (χ1n) is 5.00. The summed E-state index contributed by atoms with van der Waals surface area (Å²) >= 11 is 0. The Hall–Kier alpha value is -0.0800. The normalized spacial score (nSPS) is 16.5. The summed E-state index contributed by atoms with van der Waals surface area (Å²) in [5, 5.41) is 9.92. The molecule has 12 heavy (non-hydrogen) atoms. The number of nitrogens with two attached hydrogens (primary N) is 1. The van der Waals surface area contributed by atoms with Crippen LogP contribution in [0, 0.1) is 5.92 Å². The highest BCUT2D eigenvalue weighted by atomic mass is 16.3. The Kier molecular flexibility index (Phi) is 5.51. The van der Waals surface area contributed by atoms with Gasteiger partial charge < -0.3 is 10.8 Å². The molecule has 2 nitrogen and oxygen atoms in total. The van der Waals surface area contributed by atoms with Gasteiger partial charge in [-0.1, -0.05) is 26.7 Å². The second-order valence-corrected chi connectivity index (χ2v) is 3.84. The zero-order valence-corrected chi connectivity index (χ0v) is 8.64. The van der Waals surface area contributed by atoms with Crippen molar-refractivity contribution in [3.63, 3.8) is 0 Å². The lowest BCUT2D eigenvalue weighted by atomic mass is 9.82. The largest absolute Gasteiger partial charge is 0.389 e. The van der Waals surface area contributed by atoms with Gasteiger partial charge in [-0.2, -0.15) is 0 Å². The molecule has 0 aromatic heterocycles. The van der Waals surface area contributed by atoms with Crippen molar-refractivity contribution in [2.24, 2.45) is 11.7 Å². The summed E-state index contributed by atoms with van der Waals surface area (Å²) < 4.78 is 0. The quantitative estimate of drug-likeness (QED) is 0.644. The van der Waals surface area contributed by atoms with Crippen molar-refractivity contribution in [3.05, 3.63) is 0 Å². The average molecular weight is 173 g/mol. The molecule has 0 aromatic carbocycles. The van der Waals surface area contributed by atoms with Gasteiger partial charge in [0.2, 0.25) is 0 Å². The highest BCUT2D eigenvalue weighted by molar-refractivity contribution is 4.82. The molecule has 2 heteroatoms. The summed E-state index contributed by atoms with van der Waals surface area (Å²) in [5.74, 6) is 0.373. The van der Waals surface area contributed by atoms with Gasteiger partial charge in [0.25, 0.3) is 0 Å². The summed E-state index contributed by atoms with van der Waals surface area (Å²) in [6, 6.07) is 0. The van der Waals surface area contributed by atoms with E-state index in [2.05, 4.69) is 13.8 Å². The molecule has 0 aliphatic heterocycles. The van der Waals surface area contributed by atoms with E-state index in [4.69, 9.17) is 5.73 Å². The van der Waals surface area contributed by atoms with Crippen LogP contribution in [0.2, 0.25) is 0 Å². The fourth-order valence-corrected chi connectivity index (χ4v) is 1.63. The molecule has 0 fully saturated rings. The van der Waals surface area contributed by atoms with Crippen LogP contribution in [0.1, 0.15) is 46.5 Å². The van der Waals surface area contributed by atoms with E-state index in [1.165, 1.54) is 0 Å². The average Bonchev–Trinajstić information content (AvgIpc) is 2.04. The van der Waals surface area contributed by atoms with Crippen molar-refractivity contribution in [1.29, 1.82) is 0 Å². The Morgan fingerprint density at radius 2 is 1.67 bits per heavy atom. The molecule has 1 unspecified atom stereocenters. The third-order valence-corrected chi connectivity index (χ3v) is 2.57. The van der Waals surface area contributed by atoms with E-state index in [0.29, 0.717) is 12.5 Å². The number of hydrogen-bond acceptors (Lipinski definition) is 2. The summed E-state index contributed by atoms with van der Waals surface area (Å²) in [6.07, 6.45) is 4.41. The standard InChI is InChI=1S/C10H23NO/c1-4-6-9(7-5-2)10(3,12)8-11/h9,12H,4-8,11H2,1-3H3. The molecule has 0 radical (unpaired) electrons. The Morgan fingerprint density at radius 1 is 1.25 bits per heavy atom. The topological polar surface area (TPSA) is 46.2 Å². The van der Waals surface area contributed by atoms with Crippen LogP contribution in [-0.2, 0) is 0 Å². The van der Waals surface area contributed by atoms with Crippen molar-refractivity contribution in [2.45, 2.75) is 52.1 Å². The van der Waals surface area contributed by atoms with E-state index in [-0.39, 0.29) is 0 Å². The van der Waals surface area contributed by atoms with E-state index in [1.807, 2.05) is 6.92 Å². The Balaban J connectivity index is 4.07. The molecule has 0 rings (SSSR count). The molecule has 0 aromatic rings. The van der Waals surface area contributed by atoms with Crippen molar-refractivity contribution in [1.82, 2.24) is 0 Å². The van der Waals surface area contributed by atoms with Crippen LogP contribution in [0.25, 0.3) is 0 Å². The van der Waals surface area contributed by atoms with Crippen LogP contribution in [-0.4, -0.2) is 17.3 Å². The van der Waals surface area contributed by atoms with Crippen LogP contribution < -0.4 is 5.73 Å². The minimum absolute atomic E-state index is 0.373. The van der Waals surface area contributed by atoms with Gasteiger partial charge in [0.1, 0.15) is 0 Å². The Bertz CT molecular complexity index is 106. The lowest BCUT2D eigenvalue weighted by Gasteiger charge is -2.31. The van der Waals surface area contributed by atoms with Gasteiger partial charge in [0, 0.05) is 6.54 Å². The molecule has 0 bridgehead atoms. The molecular weight excluding hydrogens is 150 g/mol. The van der Waals surface area contributed by atoms with Gasteiger partial charge in [0.05, 0.1) is 5.60 Å². The van der Waals surface area contributed by atoms with Gasteiger partial charge in [-0.3, -0.25) is 0 Å². The molecule has 0 amide bonds. The fraction of sp³-hybridized carbons (Fsp3) is 1.00. The number of aliphatic hydroxyl groups is 1. The third-order valence-electron chi connectivity index (χ3n) is 2.57. The van der Waals surface area contributed by atoms with Gasteiger partial charge in [-0.15, -0.1) is 0 Å². The van der Waals surface area contributed by atoms with Gasteiger partial charge >= 0.3 is 0 Å². The van der Waals surface area contributed by atoms with Gasteiger partial charge in [-0.25, -0.2) is 0 Å². The van der Waals surface area contributed by atoms with Crippen molar-refractivity contribution in [3.8, 4) is 0 Å². The van der Waals surface area contributed by atoms with Crippen molar-refractivity contribution < 1.29 is 5.11 Å². The molecule has 0 heterocycles. The first kappa shape index (κ1) is 11.9. The van der Waals surface area contributed by atoms with Crippen molar-refractivity contribution in [2.75, 3.05) is 6.54 Å². The maximum Gasteiger partial charge on any atom is 0.0769 e. The third kappa shape index (κ3) is 3.55. The number of hydrogen-bond donors (Lipinski definition) is 2. The van der Waals surface area contributed by atoms with E-state index in [9.17, 15) is 5.11 Å². The molecular formula is C10H23NO. The molecule has 0 saturated heterocycles. The van der Waals surface area contributed by atoms with E-state index in [0.717, 1.165) is 25.7 Å². The smallest absolute Gasteiger partial charge is 0.0769 e. The monoisotopic (exact) mass is 173 g/mol. The molecule has 0 spiro atoms. The second-order valence-electron chi connectivity index (χ2n) is 3.84. The number of rotatable bonds is 6. The second kappa shape index (κ2) is 5.55. The van der Waals surface area contributed by atoms with Crippen molar-refractivity contribution >= 4 is 0 Å². The highest BCUT2D eigenvalue weighted by Gasteiger charge is 2.28. The lowest BCUT2D eigenvalue weighted by Crippen LogP contribution is -2.42. The van der Waals surface area contributed by atoms with Gasteiger partial charge in [0.15, 0.2) is 0 Å². The Morgan fingerprint density at radius 3 is 1.92 bits per heavy atom. The van der Waals surface area contributed by atoms with E-state index >= 15 is 0 Å². The maximum absolute atomic E-state index is 9.92. The zero-order valence-electron chi connectivity index (χ0n) is 8.64. The molecule has 74 valence electrons. The molecule has 0 aliphatic carbocycles. The first-order chi connectivity index (χ1) is 5.58. The van der Waals surface area contributed by atoms with Crippen LogP contribution in [0.3, 0.4) is 0 Å². The molecule has 3 N–H and O–H groups in total. The lowest BCUT2D eigenvalue weighted by molar-refractivity contribution is -0.000573. The summed E-state index contributed by atoms with van der Waals surface area (Å²) in [4.78, 5) is 0. The highest BCUT2D eigenvalue weighted by Crippen LogP contribution is 2.25. The predicted molar refractivity (Wildman–Crippen MR) is 53.0 cm³/mol. The maximum atomic E-state index is 9.92. The van der Waals surface area contributed by atoms with E-state index < -0.39 is 5.60 Å².